The molecule has 1 N–H and O–H groups in total. The average Bonchev–Trinajstić information content (AvgIpc) is 2.78. The Hall–Kier alpha value is -3.47. The van der Waals surface area contributed by atoms with Crippen LogP contribution in [-0.4, -0.2) is 30.1 Å². The highest BCUT2D eigenvalue weighted by atomic mass is 16.5. The van der Waals surface area contributed by atoms with Crippen molar-refractivity contribution in [1.82, 2.24) is 4.90 Å². The summed E-state index contributed by atoms with van der Waals surface area (Å²) in [6, 6.07) is 26.0. The molecule has 3 aromatic carbocycles. The normalized spacial score (nSPS) is 17.7. The van der Waals surface area contributed by atoms with Crippen LogP contribution in [0.5, 0.6) is 11.5 Å². The summed E-state index contributed by atoms with van der Waals surface area (Å²) < 4.78 is 6.12. The maximum Gasteiger partial charge on any atom is 0.321 e. The van der Waals surface area contributed by atoms with E-state index in [9.17, 15) is 4.79 Å². The topological polar surface area (TPSA) is 44.8 Å². The van der Waals surface area contributed by atoms with E-state index < -0.39 is 0 Å². The number of fused-ring (bicyclic) bond motifs is 2. The molecule has 2 aliphatic heterocycles. The summed E-state index contributed by atoms with van der Waals surface area (Å²) in [6.45, 7) is 1.43. The van der Waals surface area contributed by atoms with E-state index in [-0.39, 0.29) is 12.1 Å². The molecule has 146 valence electrons. The Morgan fingerprint density at radius 1 is 0.862 bits per heavy atom. The number of likely N-dealkylation sites (tertiary alicyclic amines) is 1. The highest BCUT2D eigenvalue weighted by Gasteiger charge is 2.33. The van der Waals surface area contributed by atoms with E-state index in [4.69, 9.17) is 4.74 Å². The first-order valence-electron chi connectivity index (χ1n) is 10.1. The maximum atomic E-state index is 12.9. The van der Waals surface area contributed by atoms with E-state index in [1.165, 1.54) is 0 Å². The van der Waals surface area contributed by atoms with E-state index in [0.717, 1.165) is 47.9 Å². The molecule has 0 aromatic heterocycles. The van der Waals surface area contributed by atoms with Gasteiger partial charge in [-0.2, -0.15) is 0 Å². The zero-order valence-corrected chi connectivity index (χ0v) is 16.1. The molecule has 1 atom stereocenters. The number of anilines is 3. The van der Waals surface area contributed by atoms with Gasteiger partial charge in [0.15, 0.2) is 11.5 Å². The Balaban J connectivity index is 1.42. The van der Waals surface area contributed by atoms with Gasteiger partial charge in [-0.3, -0.25) is 0 Å². The Morgan fingerprint density at radius 2 is 1.48 bits per heavy atom. The lowest BCUT2D eigenvalue weighted by atomic mass is 10.0. The summed E-state index contributed by atoms with van der Waals surface area (Å²) >= 11 is 0. The predicted molar refractivity (Wildman–Crippen MR) is 115 cm³/mol. The number of urea groups is 1. The molecular weight excluding hydrogens is 362 g/mol. The minimum atomic E-state index is -0.0456. The minimum absolute atomic E-state index is 0.0456. The summed E-state index contributed by atoms with van der Waals surface area (Å²) in [6.07, 6.45) is 1.99. The quantitative estimate of drug-likeness (QED) is 0.622. The number of carbonyl (C=O) groups is 1. The van der Waals surface area contributed by atoms with E-state index in [1.807, 2.05) is 71.6 Å². The van der Waals surface area contributed by atoms with Crippen LogP contribution < -0.4 is 15.0 Å². The number of carbonyl (C=O) groups excluding carboxylic acids is 1. The van der Waals surface area contributed by atoms with Gasteiger partial charge in [-0.05, 0) is 49.2 Å². The van der Waals surface area contributed by atoms with Gasteiger partial charge in [0.25, 0.3) is 0 Å². The molecule has 1 unspecified atom stereocenters. The van der Waals surface area contributed by atoms with Gasteiger partial charge in [0.05, 0.1) is 17.4 Å². The number of nitrogens with zero attached hydrogens (tertiary/aromatic N) is 2. The lowest BCUT2D eigenvalue weighted by Crippen LogP contribution is -2.50. The molecule has 1 fully saturated rings. The van der Waals surface area contributed by atoms with Gasteiger partial charge in [-0.15, -0.1) is 0 Å². The molecule has 2 heterocycles. The summed E-state index contributed by atoms with van der Waals surface area (Å²) in [5, 5.41) is 3.02. The Morgan fingerprint density at radius 3 is 2.17 bits per heavy atom. The molecule has 5 rings (SSSR count). The molecule has 2 amide bonds. The van der Waals surface area contributed by atoms with Crippen molar-refractivity contribution >= 4 is 23.1 Å². The van der Waals surface area contributed by atoms with E-state index in [1.54, 1.807) is 0 Å². The summed E-state index contributed by atoms with van der Waals surface area (Å²) in [5.41, 5.74) is 2.93. The number of ether oxygens (including phenoxy) is 1. The Bertz CT molecular complexity index is 976. The van der Waals surface area contributed by atoms with Gasteiger partial charge < -0.3 is 19.9 Å². The summed E-state index contributed by atoms with van der Waals surface area (Å²) in [5.74, 6) is 1.72. The lowest BCUT2D eigenvalue weighted by molar-refractivity contribution is 0.192. The second-order valence-corrected chi connectivity index (χ2v) is 7.45. The van der Waals surface area contributed by atoms with Crippen molar-refractivity contribution in [3.63, 3.8) is 0 Å². The number of benzene rings is 3. The molecule has 2 aliphatic rings. The number of amides is 2. The van der Waals surface area contributed by atoms with Crippen LogP contribution in [-0.2, 0) is 0 Å². The zero-order chi connectivity index (χ0) is 19.6. The molecule has 0 bridgehead atoms. The van der Waals surface area contributed by atoms with Crippen LogP contribution in [0.2, 0.25) is 0 Å². The van der Waals surface area contributed by atoms with E-state index in [2.05, 4.69) is 22.3 Å². The van der Waals surface area contributed by atoms with Crippen LogP contribution in [0.4, 0.5) is 21.9 Å². The lowest BCUT2D eigenvalue weighted by Gasteiger charge is -2.43. The first kappa shape index (κ1) is 17.6. The van der Waals surface area contributed by atoms with Gasteiger partial charge in [0.1, 0.15) is 0 Å². The third-order valence-corrected chi connectivity index (χ3v) is 5.54. The Kier molecular flexibility index (Phi) is 4.56. The number of hydrogen-bond donors (Lipinski definition) is 1. The highest BCUT2D eigenvalue weighted by molar-refractivity contribution is 5.89. The third-order valence-electron chi connectivity index (χ3n) is 5.54. The number of piperidine rings is 1. The van der Waals surface area contributed by atoms with Crippen LogP contribution in [0.15, 0.2) is 78.9 Å². The number of hydrogen-bond acceptors (Lipinski definition) is 3. The van der Waals surface area contributed by atoms with Crippen molar-refractivity contribution < 1.29 is 9.53 Å². The summed E-state index contributed by atoms with van der Waals surface area (Å²) in [4.78, 5) is 17.1. The smallest absolute Gasteiger partial charge is 0.321 e. The highest BCUT2D eigenvalue weighted by Crippen LogP contribution is 2.48. The zero-order valence-electron chi connectivity index (χ0n) is 16.1. The van der Waals surface area contributed by atoms with Gasteiger partial charge in [0.2, 0.25) is 0 Å². The number of rotatable bonds is 2. The van der Waals surface area contributed by atoms with Crippen molar-refractivity contribution in [2.45, 2.75) is 18.9 Å². The molecule has 0 radical (unpaired) electrons. The van der Waals surface area contributed by atoms with Gasteiger partial charge in [-0.25, -0.2) is 4.79 Å². The second-order valence-electron chi connectivity index (χ2n) is 7.45. The fourth-order valence-electron chi connectivity index (χ4n) is 4.20. The monoisotopic (exact) mass is 385 g/mol. The van der Waals surface area contributed by atoms with Crippen LogP contribution in [0.25, 0.3) is 0 Å². The van der Waals surface area contributed by atoms with Crippen LogP contribution in [0.1, 0.15) is 12.8 Å². The minimum Gasteiger partial charge on any atom is -0.453 e. The van der Waals surface area contributed by atoms with Crippen molar-refractivity contribution in [2.75, 3.05) is 23.3 Å². The first-order valence-corrected chi connectivity index (χ1v) is 10.1. The number of nitrogens with one attached hydrogen (secondary N) is 1. The van der Waals surface area contributed by atoms with Crippen molar-refractivity contribution in [3.8, 4) is 11.5 Å². The maximum absolute atomic E-state index is 12.9. The fraction of sp³-hybridized carbons (Fsp3) is 0.208. The molecule has 1 saturated heterocycles. The first-order chi connectivity index (χ1) is 14.3. The fourth-order valence-corrected chi connectivity index (χ4v) is 4.20. The standard InChI is InChI=1S/C24H23N3O2/c28-24(25-18-9-2-1-3-10-18)26-16-8-11-19(17-26)27-20-12-4-6-14-22(20)29-23-15-7-5-13-21(23)27/h1-7,9-10,12-15,19H,8,11,16-17H2,(H,25,28). The van der Waals surface area contributed by atoms with Crippen LogP contribution in [0.3, 0.4) is 0 Å². The van der Waals surface area contributed by atoms with E-state index in [0.29, 0.717) is 6.54 Å². The molecule has 5 heteroatoms. The molecular formula is C24H23N3O2. The largest absolute Gasteiger partial charge is 0.453 e. The van der Waals surface area contributed by atoms with Gasteiger partial charge in [0, 0.05) is 18.8 Å². The molecule has 0 aliphatic carbocycles. The molecule has 3 aromatic rings. The van der Waals surface area contributed by atoms with Crippen molar-refractivity contribution in [1.29, 1.82) is 0 Å². The SMILES string of the molecule is O=C(Nc1ccccc1)N1CCCC(N2c3ccccc3Oc3ccccc32)C1. The van der Waals surface area contributed by atoms with Crippen molar-refractivity contribution in [2.24, 2.45) is 0 Å². The van der Waals surface area contributed by atoms with Gasteiger partial charge >= 0.3 is 6.03 Å². The third kappa shape index (κ3) is 3.40. The van der Waals surface area contributed by atoms with E-state index >= 15 is 0 Å². The predicted octanol–water partition coefficient (Wildman–Crippen LogP) is 5.63. The molecule has 0 spiro atoms. The van der Waals surface area contributed by atoms with Gasteiger partial charge in [-0.1, -0.05) is 42.5 Å². The molecule has 0 saturated carbocycles. The Labute approximate surface area is 170 Å². The van der Waals surface area contributed by atoms with Crippen molar-refractivity contribution in [3.05, 3.63) is 78.9 Å². The number of para-hydroxylation sites is 5. The second kappa shape index (κ2) is 7.51. The average molecular weight is 385 g/mol. The summed E-state index contributed by atoms with van der Waals surface area (Å²) in [7, 11) is 0. The van der Waals surface area contributed by atoms with Crippen LogP contribution in [0, 0.1) is 0 Å². The molecule has 5 nitrogen and oxygen atoms in total. The van der Waals surface area contributed by atoms with Crippen LogP contribution >= 0.6 is 0 Å². The molecule has 29 heavy (non-hydrogen) atoms.